The van der Waals surface area contributed by atoms with Crippen molar-refractivity contribution in [2.75, 3.05) is 5.73 Å². The molecule has 0 unspecified atom stereocenters. The van der Waals surface area contributed by atoms with Crippen molar-refractivity contribution < 1.29 is 15.0 Å². The summed E-state index contributed by atoms with van der Waals surface area (Å²) in [5, 5.41) is 19.3. The molecule has 0 saturated heterocycles. The molecular weight excluding hydrogens is 330 g/mol. The lowest BCUT2D eigenvalue weighted by Crippen LogP contribution is -2.11. The summed E-state index contributed by atoms with van der Waals surface area (Å²) in [6.07, 6.45) is 2.32. The molecule has 6 heteroatoms. The molecule has 2 aromatic carbocycles. The highest BCUT2D eigenvalue weighted by molar-refractivity contribution is 5.97. The number of aromatic hydroxyl groups is 2. The Morgan fingerprint density at radius 1 is 1.08 bits per heavy atom. The van der Waals surface area contributed by atoms with Crippen LogP contribution in [0.25, 0.3) is 22.3 Å². The molecule has 3 rings (SSSR count). The number of hydrogen-bond acceptors (Lipinski definition) is 5. The maximum Gasteiger partial charge on any atom is 0.252 e. The number of hydrogen-bond donors (Lipinski definition) is 4. The molecule has 1 aromatic heterocycles. The number of nitrogen functional groups attached to an aromatic ring is 1. The summed E-state index contributed by atoms with van der Waals surface area (Å²) in [7, 11) is 0. The predicted molar refractivity (Wildman–Crippen MR) is 101 cm³/mol. The van der Waals surface area contributed by atoms with E-state index in [0.29, 0.717) is 17.8 Å². The Labute approximate surface area is 150 Å². The van der Waals surface area contributed by atoms with Crippen LogP contribution in [-0.4, -0.2) is 21.1 Å². The summed E-state index contributed by atoms with van der Waals surface area (Å²) >= 11 is 0. The summed E-state index contributed by atoms with van der Waals surface area (Å²) in [5.41, 5.74) is 15.6. The van der Waals surface area contributed by atoms with Crippen molar-refractivity contribution in [3.63, 3.8) is 0 Å². The van der Waals surface area contributed by atoms with E-state index < -0.39 is 5.91 Å². The topological polar surface area (TPSA) is 122 Å². The van der Waals surface area contributed by atoms with E-state index in [1.54, 1.807) is 42.6 Å². The number of phenolic OH excluding ortho intramolecular Hbond substituents is 1. The van der Waals surface area contributed by atoms with E-state index in [1.807, 2.05) is 6.92 Å². The highest BCUT2D eigenvalue weighted by atomic mass is 16.3. The van der Waals surface area contributed by atoms with Gasteiger partial charge in [0.1, 0.15) is 17.3 Å². The van der Waals surface area contributed by atoms with Crippen LogP contribution in [0.4, 0.5) is 5.82 Å². The Morgan fingerprint density at radius 3 is 2.35 bits per heavy atom. The Bertz CT molecular complexity index is 982. The fourth-order valence-electron chi connectivity index (χ4n) is 3.03. The number of carbonyl (C=O) groups is 1. The molecular formula is C20H19N3O3. The van der Waals surface area contributed by atoms with Gasteiger partial charge in [0.05, 0.1) is 5.56 Å². The first kappa shape index (κ1) is 17.3. The Kier molecular flexibility index (Phi) is 4.49. The molecule has 0 bridgehead atoms. The van der Waals surface area contributed by atoms with E-state index in [9.17, 15) is 15.0 Å². The molecule has 0 fully saturated rings. The second kappa shape index (κ2) is 6.76. The summed E-state index contributed by atoms with van der Waals surface area (Å²) in [4.78, 5) is 15.8. The Hall–Kier alpha value is -3.54. The molecule has 6 nitrogen and oxygen atoms in total. The normalized spacial score (nSPS) is 10.7. The van der Waals surface area contributed by atoms with E-state index >= 15 is 0 Å². The number of anilines is 1. The molecule has 0 atom stereocenters. The molecule has 26 heavy (non-hydrogen) atoms. The summed E-state index contributed by atoms with van der Waals surface area (Å²) in [6.45, 7) is 2.00. The van der Waals surface area contributed by atoms with Gasteiger partial charge in [0.15, 0.2) is 0 Å². The zero-order valence-electron chi connectivity index (χ0n) is 14.2. The lowest BCUT2D eigenvalue weighted by atomic mass is 9.91. The number of benzene rings is 2. The van der Waals surface area contributed by atoms with Crippen LogP contribution in [0.2, 0.25) is 0 Å². The van der Waals surface area contributed by atoms with Crippen LogP contribution in [0, 0.1) is 0 Å². The minimum atomic E-state index is -0.704. The quantitative estimate of drug-likeness (QED) is 0.576. The van der Waals surface area contributed by atoms with Gasteiger partial charge in [0, 0.05) is 17.3 Å². The van der Waals surface area contributed by atoms with Crippen LogP contribution >= 0.6 is 0 Å². The number of phenols is 2. The van der Waals surface area contributed by atoms with Crippen molar-refractivity contribution in [2.45, 2.75) is 13.3 Å². The first-order chi connectivity index (χ1) is 12.4. The number of carbonyl (C=O) groups excluding carboxylic acids is 1. The van der Waals surface area contributed by atoms with E-state index in [-0.39, 0.29) is 17.1 Å². The highest BCUT2D eigenvalue weighted by Gasteiger charge is 2.17. The van der Waals surface area contributed by atoms with E-state index in [4.69, 9.17) is 11.5 Å². The molecule has 0 aliphatic heterocycles. The molecule has 0 radical (unpaired) electrons. The largest absolute Gasteiger partial charge is 0.508 e. The summed E-state index contributed by atoms with van der Waals surface area (Å²) in [5.74, 6) is -0.324. The van der Waals surface area contributed by atoms with E-state index in [2.05, 4.69) is 4.98 Å². The molecule has 1 amide bonds. The smallest absolute Gasteiger partial charge is 0.252 e. The number of rotatable bonds is 4. The van der Waals surface area contributed by atoms with Gasteiger partial charge in [-0.2, -0.15) is 0 Å². The number of nitrogens with zero attached hydrogens (tertiary/aromatic N) is 1. The van der Waals surface area contributed by atoms with Gasteiger partial charge in [-0.1, -0.05) is 25.1 Å². The van der Waals surface area contributed by atoms with Crippen LogP contribution in [0.3, 0.4) is 0 Å². The van der Waals surface area contributed by atoms with Crippen LogP contribution in [0.5, 0.6) is 11.5 Å². The third-order valence-electron chi connectivity index (χ3n) is 4.30. The molecule has 6 N–H and O–H groups in total. The Morgan fingerprint density at radius 2 is 1.73 bits per heavy atom. The highest BCUT2D eigenvalue weighted by Crippen LogP contribution is 2.37. The maximum absolute atomic E-state index is 11.5. The average Bonchev–Trinajstić information content (AvgIpc) is 2.62. The molecule has 3 aromatic rings. The van der Waals surface area contributed by atoms with Crippen LogP contribution < -0.4 is 11.5 Å². The van der Waals surface area contributed by atoms with Crippen molar-refractivity contribution in [1.82, 2.24) is 4.98 Å². The van der Waals surface area contributed by atoms with Gasteiger partial charge < -0.3 is 21.7 Å². The number of primary amides is 1. The van der Waals surface area contributed by atoms with Crippen molar-refractivity contribution in [1.29, 1.82) is 0 Å². The molecule has 0 aliphatic rings. The van der Waals surface area contributed by atoms with Crippen LogP contribution in [-0.2, 0) is 6.42 Å². The molecule has 132 valence electrons. The predicted octanol–water partition coefficient (Wildman–Crippen LogP) is 3.07. The fraction of sp³-hybridized carbons (Fsp3) is 0.100. The minimum Gasteiger partial charge on any atom is -0.508 e. The molecule has 0 aliphatic carbocycles. The van der Waals surface area contributed by atoms with Gasteiger partial charge >= 0.3 is 0 Å². The second-order valence-corrected chi connectivity index (χ2v) is 5.91. The van der Waals surface area contributed by atoms with Gasteiger partial charge in [0.25, 0.3) is 5.91 Å². The average molecular weight is 349 g/mol. The van der Waals surface area contributed by atoms with E-state index in [1.165, 1.54) is 6.07 Å². The standard InChI is InChI=1S/C20H19N3O3/c1-2-14-16(12-5-8-17(25)15(9-12)20(22)26)10-23-19(21)18(14)11-3-6-13(24)7-4-11/h3-10,24-25H,2H2,1H3,(H2,21,23)(H2,22,26). The number of amides is 1. The second-order valence-electron chi connectivity index (χ2n) is 5.91. The van der Waals surface area contributed by atoms with Gasteiger partial charge in [-0.05, 0) is 47.4 Å². The van der Waals surface area contributed by atoms with Crippen LogP contribution in [0.15, 0.2) is 48.7 Å². The van der Waals surface area contributed by atoms with Gasteiger partial charge in [0.2, 0.25) is 0 Å². The van der Waals surface area contributed by atoms with Gasteiger partial charge in [-0.15, -0.1) is 0 Å². The first-order valence-electron chi connectivity index (χ1n) is 8.12. The van der Waals surface area contributed by atoms with Crippen molar-refractivity contribution >= 4 is 11.7 Å². The first-order valence-corrected chi connectivity index (χ1v) is 8.12. The molecule has 0 saturated carbocycles. The zero-order valence-corrected chi connectivity index (χ0v) is 14.2. The summed E-state index contributed by atoms with van der Waals surface area (Å²) in [6, 6.07) is 11.4. The minimum absolute atomic E-state index is 0.0487. The van der Waals surface area contributed by atoms with Crippen molar-refractivity contribution in [2.24, 2.45) is 5.73 Å². The number of aromatic nitrogens is 1. The summed E-state index contributed by atoms with van der Waals surface area (Å²) < 4.78 is 0. The zero-order chi connectivity index (χ0) is 18.8. The SMILES string of the molecule is CCc1c(-c2ccc(O)c(C(N)=O)c2)cnc(N)c1-c1ccc(O)cc1. The molecule has 1 heterocycles. The lowest BCUT2D eigenvalue weighted by Gasteiger charge is -2.16. The van der Waals surface area contributed by atoms with Gasteiger partial charge in [-0.3, -0.25) is 4.79 Å². The lowest BCUT2D eigenvalue weighted by molar-refractivity contribution is 0.0998. The van der Waals surface area contributed by atoms with Crippen LogP contribution in [0.1, 0.15) is 22.8 Å². The number of nitrogens with two attached hydrogens (primary N) is 2. The Balaban J connectivity index is 2.24. The fourth-order valence-corrected chi connectivity index (χ4v) is 3.03. The van der Waals surface area contributed by atoms with E-state index in [0.717, 1.165) is 22.3 Å². The monoisotopic (exact) mass is 349 g/mol. The third kappa shape index (κ3) is 3.04. The van der Waals surface area contributed by atoms with Crippen molar-refractivity contribution in [3.8, 4) is 33.8 Å². The van der Waals surface area contributed by atoms with Crippen molar-refractivity contribution in [3.05, 3.63) is 59.8 Å². The van der Waals surface area contributed by atoms with Gasteiger partial charge in [-0.25, -0.2) is 4.98 Å². The molecule has 0 spiro atoms. The number of pyridine rings is 1. The third-order valence-corrected chi connectivity index (χ3v) is 4.30. The maximum atomic E-state index is 11.5.